The molecule has 4 aromatic rings. The van der Waals surface area contributed by atoms with Crippen LogP contribution in [0.25, 0.3) is 0 Å². The lowest BCUT2D eigenvalue weighted by Gasteiger charge is -2.08. The largest absolute Gasteiger partial charge is 0.322 e. The molecule has 0 atom stereocenters. The highest BCUT2D eigenvalue weighted by Gasteiger charge is 2.11. The van der Waals surface area contributed by atoms with E-state index in [1.807, 2.05) is 0 Å². The highest BCUT2D eigenvalue weighted by Crippen LogP contribution is 2.17. The summed E-state index contributed by atoms with van der Waals surface area (Å²) in [5, 5.41) is 5.54. The lowest BCUT2D eigenvalue weighted by atomic mass is 10.0. The maximum Gasteiger partial charge on any atom is 0.257 e. The number of ketones is 1. The van der Waals surface area contributed by atoms with Crippen molar-refractivity contribution in [3.8, 4) is 0 Å². The number of carbonyl (C=O) groups excluding carboxylic acids is 3. The molecule has 2 amide bonds. The molecule has 32 heavy (non-hydrogen) atoms. The minimum atomic E-state index is -0.277. The highest BCUT2D eigenvalue weighted by molar-refractivity contribution is 6.10. The van der Waals surface area contributed by atoms with Gasteiger partial charge in [-0.2, -0.15) is 0 Å². The van der Waals surface area contributed by atoms with Crippen LogP contribution in [0.3, 0.4) is 0 Å². The molecule has 0 radical (unpaired) electrons. The standard InChI is InChI=1S/C25H18N4O3/c30-23(17-5-9-21(10-6-17)28-24(31)19-3-1-13-26-15-19)18-7-11-22(12-8-18)29-25(32)20-4-2-14-27-16-20/h1-16H,(H,28,31)(H,29,32). The molecule has 0 bridgehead atoms. The number of aromatic nitrogens is 2. The van der Waals surface area contributed by atoms with Gasteiger partial charge in [-0.3, -0.25) is 24.4 Å². The van der Waals surface area contributed by atoms with Crippen molar-refractivity contribution in [3.05, 3.63) is 120 Å². The third-order valence-electron chi connectivity index (χ3n) is 4.66. The van der Waals surface area contributed by atoms with Crippen LogP contribution >= 0.6 is 0 Å². The fourth-order valence-corrected chi connectivity index (χ4v) is 2.98. The van der Waals surface area contributed by atoms with Crippen molar-refractivity contribution in [1.29, 1.82) is 0 Å². The van der Waals surface area contributed by atoms with Crippen molar-refractivity contribution in [3.63, 3.8) is 0 Å². The number of benzene rings is 2. The number of carbonyl (C=O) groups is 3. The molecule has 7 heteroatoms. The van der Waals surface area contributed by atoms with Gasteiger partial charge in [0.05, 0.1) is 11.1 Å². The number of nitrogens with one attached hydrogen (secondary N) is 2. The van der Waals surface area contributed by atoms with Crippen LogP contribution in [-0.2, 0) is 0 Å². The molecule has 0 aliphatic heterocycles. The Labute approximate surface area is 184 Å². The summed E-state index contributed by atoms with van der Waals surface area (Å²) in [6.07, 6.45) is 6.16. The van der Waals surface area contributed by atoms with Crippen LogP contribution in [0.4, 0.5) is 11.4 Å². The zero-order chi connectivity index (χ0) is 22.3. The summed E-state index contributed by atoms with van der Waals surface area (Å²) >= 11 is 0. The average Bonchev–Trinajstić information content (AvgIpc) is 2.85. The number of pyridine rings is 2. The van der Waals surface area contributed by atoms with Gasteiger partial charge in [-0.25, -0.2) is 0 Å². The predicted octanol–water partition coefficient (Wildman–Crippen LogP) is 4.21. The van der Waals surface area contributed by atoms with Crippen molar-refractivity contribution in [2.45, 2.75) is 0 Å². The van der Waals surface area contributed by atoms with Crippen LogP contribution in [0.1, 0.15) is 36.6 Å². The van der Waals surface area contributed by atoms with Crippen molar-refractivity contribution in [2.24, 2.45) is 0 Å². The van der Waals surface area contributed by atoms with E-state index in [9.17, 15) is 14.4 Å². The van der Waals surface area contributed by atoms with Crippen LogP contribution in [0.5, 0.6) is 0 Å². The topological polar surface area (TPSA) is 101 Å². The van der Waals surface area contributed by atoms with Crippen LogP contribution in [0.2, 0.25) is 0 Å². The van der Waals surface area contributed by atoms with E-state index in [2.05, 4.69) is 20.6 Å². The van der Waals surface area contributed by atoms with E-state index in [-0.39, 0.29) is 17.6 Å². The van der Waals surface area contributed by atoms with E-state index in [1.165, 1.54) is 12.4 Å². The van der Waals surface area contributed by atoms with Crippen molar-refractivity contribution < 1.29 is 14.4 Å². The lowest BCUT2D eigenvalue weighted by molar-refractivity contribution is 0.101. The van der Waals surface area contributed by atoms with Gasteiger partial charge in [-0.15, -0.1) is 0 Å². The van der Waals surface area contributed by atoms with Crippen molar-refractivity contribution in [2.75, 3.05) is 10.6 Å². The van der Waals surface area contributed by atoms with Crippen molar-refractivity contribution >= 4 is 29.0 Å². The third kappa shape index (κ3) is 4.91. The molecule has 4 rings (SSSR count). The van der Waals surface area contributed by atoms with Gasteiger partial charge in [-0.1, -0.05) is 0 Å². The molecule has 0 saturated heterocycles. The quantitative estimate of drug-likeness (QED) is 0.453. The van der Waals surface area contributed by atoms with Gasteiger partial charge < -0.3 is 10.6 Å². The second-order valence-electron chi connectivity index (χ2n) is 6.88. The summed E-state index contributed by atoms with van der Waals surface area (Å²) in [5.74, 6) is -0.720. The molecule has 2 aromatic carbocycles. The Morgan fingerprint density at radius 1 is 0.531 bits per heavy atom. The van der Waals surface area contributed by atoms with Gasteiger partial charge in [0.2, 0.25) is 0 Å². The number of amides is 2. The van der Waals surface area contributed by atoms with E-state index >= 15 is 0 Å². The zero-order valence-corrected chi connectivity index (χ0v) is 16.9. The van der Waals surface area contributed by atoms with Gasteiger partial charge in [0, 0.05) is 47.3 Å². The maximum atomic E-state index is 12.8. The predicted molar refractivity (Wildman–Crippen MR) is 121 cm³/mol. The zero-order valence-electron chi connectivity index (χ0n) is 16.9. The fraction of sp³-hybridized carbons (Fsp3) is 0. The summed E-state index contributed by atoms with van der Waals surface area (Å²) in [5.41, 5.74) is 3.01. The average molecular weight is 422 g/mol. The Hall–Kier alpha value is -4.65. The first-order chi connectivity index (χ1) is 15.6. The Morgan fingerprint density at radius 3 is 1.28 bits per heavy atom. The summed E-state index contributed by atoms with van der Waals surface area (Å²) in [6, 6.07) is 20.0. The normalized spacial score (nSPS) is 10.2. The lowest BCUT2D eigenvalue weighted by Crippen LogP contribution is -2.12. The molecule has 0 saturated carbocycles. The molecule has 0 aliphatic rings. The summed E-state index contributed by atoms with van der Waals surface area (Å²) in [7, 11) is 0. The van der Waals surface area contributed by atoms with Gasteiger partial charge in [0.15, 0.2) is 5.78 Å². The second kappa shape index (κ2) is 9.44. The number of anilines is 2. The number of hydrogen-bond donors (Lipinski definition) is 2. The van der Waals surface area contributed by atoms with E-state index in [4.69, 9.17) is 0 Å². The Morgan fingerprint density at radius 2 is 0.938 bits per heavy atom. The molecule has 2 N–H and O–H groups in total. The first kappa shape index (κ1) is 20.6. The summed E-state index contributed by atoms with van der Waals surface area (Å²) < 4.78 is 0. The maximum absolute atomic E-state index is 12.8. The van der Waals surface area contributed by atoms with E-state index in [0.717, 1.165) is 0 Å². The van der Waals surface area contributed by atoms with Crippen LogP contribution in [0.15, 0.2) is 97.6 Å². The van der Waals surface area contributed by atoms with Crippen molar-refractivity contribution in [1.82, 2.24) is 9.97 Å². The number of rotatable bonds is 6. The van der Waals surface area contributed by atoms with Gasteiger partial charge >= 0.3 is 0 Å². The smallest absolute Gasteiger partial charge is 0.257 e. The van der Waals surface area contributed by atoms with Crippen LogP contribution in [0, 0.1) is 0 Å². The van der Waals surface area contributed by atoms with Gasteiger partial charge in [0.1, 0.15) is 0 Å². The number of nitrogens with zero attached hydrogens (tertiary/aromatic N) is 2. The molecule has 2 heterocycles. The Bertz CT molecular complexity index is 1140. The third-order valence-corrected chi connectivity index (χ3v) is 4.66. The summed E-state index contributed by atoms with van der Waals surface area (Å²) in [4.78, 5) is 45.0. The fourth-order valence-electron chi connectivity index (χ4n) is 2.98. The van der Waals surface area contributed by atoms with Crippen LogP contribution in [-0.4, -0.2) is 27.6 Å². The van der Waals surface area contributed by atoms with Gasteiger partial charge in [-0.05, 0) is 72.8 Å². The summed E-state index contributed by atoms with van der Waals surface area (Å²) in [6.45, 7) is 0. The molecule has 0 aliphatic carbocycles. The molecule has 0 spiro atoms. The molecule has 7 nitrogen and oxygen atoms in total. The molecule has 2 aromatic heterocycles. The molecule has 156 valence electrons. The molecule has 0 unspecified atom stereocenters. The first-order valence-corrected chi connectivity index (χ1v) is 9.78. The Balaban J connectivity index is 1.39. The highest BCUT2D eigenvalue weighted by atomic mass is 16.2. The molecular formula is C25H18N4O3. The minimum absolute atomic E-state index is 0.166. The second-order valence-corrected chi connectivity index (χ2v) is 6.88. The van der Waals surface area contributed by atoms with E-state index < -0.39 is 0 Å². The first-order valence-electron chi connectivity index (χ1n) is 9.78. The Kier molecular flexibility index (Phi) is 6.08. The molecular weight excluding hydrogens is 404 g/mol. The van der Waals surface area contributed by atoms with Gasteiger partial charge in [0.25, 0.3) is 11.8 Å². The molecule has 0 fully saturated rings. The van der Waals surface area contributed by atoms with E-state index in [0.29, 0.717) is 33.6 Å². The number of hydrogen-bond acceptors (Lipinski definition) is 5. The monoisotopic (exact) mass is 422 g/mol. The van der Waals surface area contributed by atoms with Crippen LogP contribution < -0.4 is 10.6 Å². The minimum Gasteiger partial charge on any atom is -0.322 e. The SMILES string of the molecule is O=C(Nc1ccc(C(=O)c2ccc(NC(=O)c3cccnc3)cc2)cc1)c1cccnc1. The van der Waals surface area contributed by atoms with E-state index in [1.54, 1.807) is 85.2 Å².